The topological polar surface area (TPSA) is 64.4 Å². The summed E-state index contributed by atoms with van der Waals surface area (Å²) >= 11 is 0. The maximum Gasteiger partial charge on any atom is 0.269 e. The molecule has 0 aliphatic rings. The molecule has 110 valence electrons. The van der Waals surface area contributed by atoms with E-state index in [1.807, 2.05) is 14.1 Å². The highest BCUT2D eigenvalue weighted by Crippen LogP contribution is 2.18. The Balaban J connectivity index is 2.26. The van der Waals surface area contributed by atoms with E-state index < -0.39 is 0 Å². The summed E-state index contributed by atoms with van der Waals surface area (Å²) in [6, 6.07) is 8.36. The van der Waals surface area contributed by atoms with Gasteiger partial charge in [0.25, 0.3) is 5.56 Å². The number of methoxy groups -OCH3 is 1. The number of ketones is 1. The molecule has 21 heavy (non-hydrogen) atoms. The largest absolute Gasteiger partial charge is 0.496 e. The van der Waals surface area contributed by atoms with Crippen LogP contribution in [-0.2, 0) is 6.54 Å². The minimum absolute atomic E-state index is 0.118. The number of benzene rings is 1. The summed E-state index contributed by atoms with van der Waals surface area (Å²) in [7, 11) is 5.14. The van der Waals surface area contributed by atoms with Crippen LogP contribution in [-0.4, -0.2) is 36.8 Å². The lowest BCUT2D eigenvalue weighted by atomic mass is 10.1. The van der Waals surface area contributed by atoms with Crippen molar-refractivity contribution in [2.45, 2.75) is 6.54 Å². The van der Waals surface area contributed by atoms with Crippen LogP contribution in [0.3, 0.4) is 0 Å². The first-order valence-electron chi connectivity index (χ1n) is 6.43. The van der Waals surface area contributed by atoms with Crippen molar-refractivity contribution in [3.63, 3.8) is 0 Å². The molecule has 0 N–H and O–H groups in total. The Morgan fingerprint density at radius 1 is 1.33 bits per heavy atom. The fraction of sp³-hybridized carbons (Fsp3) is 0.267. The molecule has 0 amide bonds. The standard InChI is InChI=1S/C15H17N3O3/c1-17(2)11-8-15(20)18(16-9-11)10-13(19)12-6-4-5-7-14(12)21-3/h4-9H,10H2,1-3H3. The molecule has 2 rings (SSSR count). The number of ether oxygens (including phenoxy) is 1. The van der Waals surface area contributed by atoms with Crippen molar-refractivity contribution in [2.75, 3.05) is 26.1 Å². The number of rotatable bonds is 5. The molecule has 1 aromatic carbocycles. The first-order chi connectivity index (χ1) is 10.0. The molecule has 6 heteroatoms. The summed E-state index contributed by atoms with van der Waals surface area (Å²) in [6.45, 7) is -0.118. The van der Waals surface area contributed by atoms with E-state index in [1.165, 1.54) is 13.2 Å². The molecule has 1 heterocycles. The predicted molar refractivity (Wildman–Crippen MR) is 80.1 cm³/mol. The smallest absolute Gasteiger partial charge is 0.269 e. The van der Waals surface area contributed by atoms with Crippen LogP contribution in [0.15, 0.2) is 41.3 Å². The number of nitrogens with zero attached hydrogens (tertiary/aromatic N) is 3. The Morgan fingerprint density at radius 3 is 2.67 bits per heavy atom. The fourth-order valence-corrected chi connectivity index (χ4v) is 1.88. The lowest BCUT2D eigenvalue weighted by Crippen LogP contribution is -2.27. The van der Waals surface area contributed by atoms with Gasteiger partial charge in [0.05, 0.1) is 24.6 Å². The molecule has 6 nitrogen and oxygen atoms in total. The van der Waals surface area contributed by atoms with Crippen LogP contribution in [0, 0.1) is 0 Å². The van der Waals surface area contributed by atoms with Crippen LogP contribution in [0.2, 0.25) is 0 Å². The van der Waals surface area contributed by atoms with Crippen LogP contribution in [0.4, 0.5) is 5.69 Å². The van der Waals surface area contributed by atoms with Gasteiger partial charge in [0.2, 0.25) is 0 Å². The summed E-state index contributed by atoms with van der Waals surface area (Å²) < 4.78 is 6.29. The minimum atomic E-state index is -0.315. The van der Waals surface area contributed by atoms with Gasteiger partial charge in [-0.15, -0.1) is 0 Å². The molecule has 0 fully saturated rings. The highest BCUT2D eigenvalue weighted by Gasteiger charge is 2.13. The monoisotopic (exact) mass is 287 g/mol. The van der Waals surface area contributed by atoms with E-state index in [0.29, 0.717) is 17.0 Å². The van der Waals surface area contributed by atoms with E-state index in [1.54, 1.807) is 35.4 Å². The molecule has 1 aromatic heterocycles. The summed E-state index contributed by atoms with van der Waals surface area (Å²) in [4.78, 5) is 26.0. The third-order valence-corrected chi connectivity index (χ3v) is 3.07. The Labute approximate surface area is 122 Å². The van der Waals surface area contributed by atoms with Gasteiger partial charge in [-0.05, 0) is 12.1 Å². The zero-order valence-corrected chi connectivity index (χ0v) is 12.2. The molecular formula is C15H17N3O3. The van der Waals surface area contributed by atoms with Crippen molar-refractivity contribution in [1.82, 2.24) is 9.78 Å². The number of hydrogen-bond donors (Lipinski definition) is 0. The SMILES string of the molecule is COc1ccccc1C(=O)Cn1ncc(N(C)C)cc1=O. The zero-order chi connectivity index (χ0) is 15.4. The molecule has 0 atom stereocenters. The van der Waals surface area contributed by atoms with Crippen molar-refractivity contribution in [2.24, 2.45) is 0 Å². The summed E-state index contributed by atoms with van der Waals surface area (Å²) in [5.41, 5.74) is 0.816. The maximum atomic E-state index is 12.3. The highest BCUT2D eigenvalue weighted by molar-refractivity contribution is 5.98. The molecule has 2 aromatic rings. The number of hydrogen-bond acceptors (Lipinski definition) is 5. The average Bonchev–Trinajstić information content (AvgIpc) is 2.48. The Hall–Kier alpha value is -2.63. The molecule has 0 radical (unpaired) electrons. The van der Waals surface area contributed by atoms with Crippen molar-refractivity contribution in [3.05, 3.63) is 52.4 Å². The molecule has 0 saturated carbocycles. The van der Waals surface area contributed by atoms with Gasteiger partial charge < -0.3 is 9.64 Å². The van der Waals surface area contributed by atoms with Crippen molar-refractivity contribution in [1.29, 1.82) is 0 Å². The second-order valence-corrected chi connectivity index (χ2v) is 4.73. The van der Waals surface area contributed by atoms with Gasteiger partial charge in [0, 0.05) is 20.2 Å². The Bertz CT molecular complexity index is 707. The number of para-hydroxylation sites is 1. The van der Waals surface area contributed by atoms with Gasteiger partial charge in [0.1, 0.15) is 12.3 Å². The Kier molecular flexibility index (Phi) is 4.37. The van der Waals surface area contributed by atoms with Crippen LogP contribution in [0.1, 0.15) is 10.4 Å². The third-order valence-electron chi connectivity index (χ3n) is 3.07. The van der Waals surface area contributed by atoms with Crippen molar-refractivity contribution >= 4 is 11.5 Å². The van der Waals surface area contributed by atoms with E-state index in [9.17, 15) is 9.59 Å². The molecule has 0 saturated heterocycles. The average molecular weight is 287 g/mol. The molecule has 0 unspecified atom stereocenters. The molecule has 0 aliphatic heterocycles. The van der Waals surface area contributed by atoms with Gasteiger partial charge >= 0.3 is 0 Å². The van der Waals surface area contributed by atoms with E-state index in [2.05, 4.69) is 5.10 Å². The number of anilines is 1. The van der Waals surface area contributed by atoms with Crippen LogP contribution < -0.4 is 15.2 Å². The highest BCUT2D eigenvalue weighted by atomic mass is 16.5. The molecule has 0 spiro atoms. The second kappa shape index (κ2) is 6.21. The zero-order valence-electron chi connectivity index (χ0n) is 12.2. The normalized spacial score (nSPS) is 10.2. The lowest BCUT2D eigenvalue weighted by Gasteiger charge is -2.12. The van der Waals surface area contributed by atoms with E-state index in [4.69, 9.17) is 4.74 Å². The Morgan fingerprint density at radius 2 is 2.05 bits per heavy atom. The lowest BCUT2D eigenvalue weighted by molar-refractivity contribution is 0.0962. The number of aromatic nitrogens is 2. The molecule has 0 aliphatic carbocycles. The predicted octanol–water partition coefficient (Wildman–Crippen LogP) is 1.20. The first-order valence-corrected chi connectivity index (χ1v) is 6.43. The second-order valence-electron chi connectivity index (χ2n) is 4.73. The molecular weight excluding hydrogens is 270 g/mol. The number of Topliss-reactive ketones (excluding diaryl/α,β-unsaturated/α-hetero) is 1. The number of carbonyl (C=O) groups excluding carboxylic acids is 1. The summed E-state index contributed by atoms with van der Waals surface area (Å²) in [6.07, 6.45) is 1.55. The van der Waals surface area contributed by atoms with E-state index in [-0.39, 0.29) is 17.9 Å². The van der Waals surface area contributed by atoms with Gasteiger partial charge in [-0.2, -0.15) is 5.10 Å². The minimum Gasteiger partial charge on any atom is -0.496 e. The van der Waals surface area contributed by atoms with Crippen LogP contribution in [0.25, 0.3) is 0 Å². The molecule has 0 bridgehead atoms. The van der Waals surface area contributed by atoms with Crippen LogP contribution in [0.5, 0.6) is 5.75 Å². The van der Waals surface area contributed by atoms with E-state index in [0.717, 1.165) is 4.68 Å². The quantitative estimate of drug-likeness (QED) is 0.773. The van der Waals surface area contributed by atoms with Gasteiger partial charge in [-0.1, -0.05) is 12.1 Å². The fourth-order valence-electron chi connectivity index (χ4n) is 1.88. The first kappa shape index (κ1) is 14.8. The summed E-state index contributed by atoms with van der Waals surface area (Å²) in [5, 5.41) is 4.02. The van der Waals surface area contributed by atoms with Gasteiger partial charge in [-0.25, -0.2) is 4.68 Å². The van der Waals surface area contributed by atoms with Crippen LogP contribution >= 0.6 is 0 Å². The van der Waals surface area contributed by atoms with Gasteiger partial charge in [0.15, 0.2) is 5.78 Å². The van der Waals surface area contributed by atoms with Gasteiger partial charge in [-0.3, -0.25) is 9.59 Å². The third kappa shape index (κ3) is 3.28. The number of carbonyl (C=O) groups is 1. The summed E-state index contributed by atoms with van der Waals surface area (Å²) in [5.74, 6) is 0.264. The van der Waals surface area contributed by atoms with E-state index >= 15 is 0 Å². The maximum absolute atomic E-state index is 12.3. The van der Waals surface area contributed by atoms with Crippen molar-refractivity contribution < 1.29 is 9.53 Å². The van der Waals surface area contributed by atoms with Crippen molar-refractivity contribution in [3.8, 4) is 5.75 Å².